The highest BCUT2D eigenvalue weighted by atomic mass is 32.1. The van der Waals surface area contributed by atoms with Gasteiger partial charge in [-0.15, -0.1) is 11.3 Å². The zero-order valence-corrected chi connectivity index (χ0v) is 27.8. The van der Waals surface area contributed by atoms with Crippen LogP contribution in [0, 0.1) is 0 Å². The fourth-order valence-corrected chi connectivity index (χ4v) is 8.63. The van der Waals surface area contributed by atoms with Crippen LogP contribution < -0.4 is 0 Å². The van der Waals surface area contributed by atoms with Crippen molar-refractivity contribution >= 4 is 53.3 Å². The number of benzene rings is 7. The summed E-state index contributed by atoms with van der Waals surface area (Å²) < 4.78 is 4.95. The lowest BCUT2D eigenvalue weighted by atomic mass is 10.0. The fourth-order valence-electron chi connectivity index (χ4n) is 7.27. The summed E-state index contributed by atoms with van der Waals surface area (Å²) in [6.07, 6.45) is 0. The number of rotatable bonds is 5. The molecule has 0 fully saturated rings. The van der Waals surface area contributed by atoms with Crippen LogP contribution in [0.2, 0.25) is 0 Å². The van der Waals surface area contributed by atoms with Gasteiger partial charge in [0.1, 0.15) is 0 Å². The highest BCUT2D eigenvalue weighted by Crippen LogP contribution is 2.46. The predicted octanol–water partition coefficient (Wildman–Crippen LogP) is 12.6. The SMILES string of the molecule is c1ccc(-c2ccc3c4ccc5c6cccc(-c7cc(-c8ccccc8)nc(-c8ccccc8)n7)c6sc5c4n(-c4ccccc4)c3c2)cc1. The maximum absolute atomic E-state index is 5.21. The average Bonchev–Trinajstić information content (AvgIpc) is 3.75. The molecule has 10 aromatic rings. The lowest BCUT2D eigenvalue weighted by Crippen LogP contribution is -1.95. The van der Waals surface area contributed by atoms with Gasteiger partial charge in [-0.05, 0) is 35.4 Å². The van der Waals surface area contributed by atoms with Gasteiger partial charge in [-0.25, -0.2) is 9.97 Å². The van der Waals surface area contributed by atoms with Crippen molar-refractivity contribution in [2.75, 3.05) is 0 Å². The van der Waals surface area contributed by atoms with E-state index in [2.05, 4.69) is 156 Å². The van der Waals surface area contributed by atoms with Gasteiger partial charge in [-0.2, -0.15) is 0 Å². The van der Waals surface area contributed by atoms with Crippen LogP contribution >= 0.6 is 11.3 Å². The highest BCUT2D eigenvalue weighted by Gasteiger charge is 2.20. The molecule has 0 amide bonds. The second-order valence-corrected chi connectivity index (χ2v) is 13.6. The molecule has 3 heterocycles. The van der Waals surface area contributed by atoms with Crippen LogP contribution in [0.4, 0.5) is 0 Å². The second kappa shape index (κ2) is 11.7. The van der Waals surface area contributed by atoms with Crippen molar-refractivity contribution in [1.29, 1.82) is 0 Å². The number of para-hydroxylation sites is 1. The van der Waals surface area contributed by atoms with Gasteiger partial charge in [0.15, 0.2) is 5.82 Å². The third-order valence-corrected chi connectivity index (χ3v) is 10.9. The van der Waals surface area contributed by atoms with Gasteiger partial charge in [-0.1, -0.05) is 152 Å². The van der Waals surface area contributed by atoms with Crippen LogP contribution in [0.15, 0.2) is 176 Å². The molecule has 0 aliphatic rings. The normalized spacial score (nSPS) is 11.6. The standard InChI is InChI=1S/C46H29N3S/c1-5-14-30(15-6-1)33-24-25-35-36-26-27-38-37-22-13-23-39(44(37)50-45(38)43(36)49(42(35)28-33)34-20-11-4-12-21-34)41-29-40(31-16-7-2-8-17-31)47-46(48-41)32-18-9-3-10-19-32/h1-29H. The van der Waals surface area contributed by atoms with Crippen molar-refractivity contribution in [2.45, 2.75) is 0 Å². The minimum Gasteiger partial charge on any atom is -0.308 e. The molecule has 234 valence electrons. The molecule has 3 aromatic heterocycles. The van der Waals surface area contributed by atoms with E-state index in [4.69, 9.17) is 9.97 Å². The Labute approximate surface area is 293 Å². The lowest BCUT2D eigenvalue weighted by Gasteiger charge is -2.10. The molecule has 10 rings (SSSR count). The third kappa shape index (κ3) is 4.65. The molecule has 0 unspecified atom stereocenters. The van der Waals surface area contributed by atoms with Gasteiger partial charge in [-0.3, -0.25) is 0 Å². The number of hydrogen-bond donors (Lipinski definition) is 0. The average molecular weight is 656 g/mol. The first-order valence-electron chi connectivity index (χ1n) is 16.8. The quantitative estimate of drug-likeness (QED) is 0.185. The van der Waals surface area contributed by atoms with E-state index < -0.39 is 0 Å². The summed E-state index contributed by atoms with van der Waals surface area (Å²) in [6, 6.07) is 62.4. The molecule has 0 saturated heterocycles. The van der Waals surface area contributed by atoms with Gasteiger partial charge in [0.2, 0.25) is 0 Å². The summed E-state index contributed by atoms with van der Waals surface area (Å²) in [5.74, 6) is 0.723. The van der Waals surface area contributed by atoms with Gasteiger partial charge in [0.05, 0.1) is 27.1 Å². The first-order valence-corrected chi connectivity index (χ1v) is 17.7. The van der Waals surface area contributed by atoms with Crippen LogP contribution in [-0.2, 0) is 0 Å². The molecular formula is C46H29N3S. The number of fused-ring (bicyclic) bond motifs is 7. The van der Waals surface area contributed by atoms with Crippen molar-refractivity contribution in [2.24, 2.45) is 0 Å². The molecule has 0 aliphatic carbocycles. The van der Waals surface area contributed by atoms with Gasteiger partial charge < -0.3 is 4.57 Å². The van der Waals surface area contributed by atoms with E-state index in [1.54, 1.807) is 0 Å². The Kier molecular flexibility index (Phi) is 6.68. The summed E-state index contributed by atoms with van der Waals surface area (Å²) in [5, 5.41) is 4.99. The first-order chi connectivity index (χ1) is 24.8. The molecule has 7 aromatic carbocycles. The molecule has 0 bridgehead atoms. The zero-order valence-electron chi connectivity index (χ0n) is 27.0. The minimum atomic E-state index is 0.723. The molecule has 0 N–H and O–H groups in total. The number of thiophene rings is 1. The molecule has 0 saturated carbocycles. The summed E-state index contributed by atoms with van der Waals surface area (Å²) >= 11 is 1.86. The summed E-state index contributed by atoms with van der Waals surface area (Å²) in [7, 11) is 0. The Morgan fingerprint density at radius 3 is 1.74 bits per heavy atom. The Bertz CT molecular complexity index is 2780. The van der Waals surface area contributed by atoms with Crippen molar-refractivity contribution in [1.82, 2.24) is 14.5 Å². The van der Waals surface area contributed by atoms with E-state index in [1.165, 1.54) is 53.1 Å². The minimum absolute atomic E-state index is 0.723. The number of hydrogen-bond acceptors (Lipinski definition) is 3. The van der Waals surface area contributed by atoms with Gasteiger partial charge in [0, 0.05) is 48.6 Å². The summed E-state index contributed by atoms with van der Waals surface area (Å²) in [5.41, 5.74) is 11.0. The smallest absolute Gasteiger partial charge is 0.160 e. The maximum Gasteiger partial charge on any atom is 0.160 e. The summed E-state index contributed by atoms with van der Waals surface area (Å²) in [4.78, 5) is 10.3. The van der Waals surface area contributed by atoms with E-state index in [1.807, 2.05) is 35.6 Å². The topological polar surface area (TPSA) is 30.7 Å². The zero-order chi connectivity index (χ0) is 33.0. The molecular weight excluding hydrogens is 627 g/mol. The molecule has 0 spiro atoms. The van der Waals surface area contributed by atoms with E-state index in [9.17, 15) is 0 Å². The van der Waals surface area contributed by atoms with Crippen LogP contribution in [0.3, 0.4) is 0 Å². The van der Waals surface area contributed by atoms with Crippen LogP contribution in [0.1, 0.15) is 0 Å². The fraction of sp³-hybridized carbons (Fsp3) is 0. The van der Waals surface area contributed by atoms with E-state index in [0.29, 0.717) is 0 Å². The number of aromatic nitrogens is 3. The van der Waals surface area contributed by atoms with E-state index in [-0.39, 0.29) is 0 Å². The Hall–Kier alpha value is -6.36. The number of nitrogens with zero attached hydrogens (tertiary/aromatic N) is 3. The van der Waals surface area contributed by atoms with E-state index in [0.717, 1.165) is 39.6 Å². The summed E-state index contributed by atoms with van der Waals surface area (Å²) in [6.45, 7) is 0. The van der Waals surface area contributed by atoms with Crippen molar-refractivity contribution in [3.8, 4) is 50.7 Å². The molecule has 0 radical (unpaired) electrons. The van der Waals surface area contributed by atoms with Gasteiger partial charge in [0.25, 0.3) is 0 Å². The van der Waals surface area contributed by atoms with Crippen molar-refractivity contribution < 1.29 is 0 Å². The van der Waals surface area contributed by atoms with Crippen LogP contribution in [-0.4, -0.2) is 14.5 Å². The molecule has 0 aliphatic heterocycles. The van der Waals surface area contributed by atoms with Crippen LogP contribution in [0.25, 0.3) is 92.7 Å². The molecule has 3 nitrogen and oxygen atoms in total. The maximum atomic E-state index is 5.21. The lowest BCUT2D eigenvalue weighted by molar-refractivity contribution is 1.19. The molecule has 0 atom stereocenters. The second-order valence-electron chi connectivity index (χ2n) is 12.6. The van der Waals surface area contributed by atoms with Crippen LogP contribution in [0.5, 0.6) is 0 Å². The predicted molar refractivity (Wildman–Crippen MR) is 211 cm³/mol. The first kappa shape index (κ1) is 28.6. The Balaban J connectivity index is 1.26. The molecule has 4 heteroatoms. The largest absolute Gasteiger partial charge is 0.308 e. The van der Waals surface area contributed by atoms with Gasteiger partial charge >= 0.3 is 0 Å². The van der Waals surface area contributed by atoms with Crippen molar-refractivity contribution in [3.63, 3.8) is 0 Å². The molecule has 50 heavy (non-hydrogen) atoms. The monoisotopic (exact) mass is 655 g/mol. The van der Waals surface area contributed by atoms with E-state index >= 15 is 0 Å². The third-order valence-electron chi connectivity index (χ3n) is 9.62. The highest BCUT2D eigenvalue weighted by molar-refractivity contribution is 7.27. The Morgan fingerprint density at radius 2 is 1.00 bits per heavy atom. The Morgan fingerprint density at radius 1 is 0.400 bits per heavy atom. The van der Waals surface area contributed by atoms with Crippen molar-refractivity contribution in [3.05, 3.63) is 176 Å².